The highest BCUT2D eigenvalue weighted by atomic mass is 16.7. The molecule has 2 unspecified atom stereocenters. The lowest BCUT2D eigenvalue weighted by atomic mass is 9.95. The quantitative estimate of drug-likeness (QED) is 0.207. The van der Waals surface area contributed by atoms with Gasteiger partial charge in [-0.05, 0) is 32.6 Å². The number of hydrogen-bond acceptors (Lipinski definition) is 11. The molecule has 1 amide bonds. The number of carbonyl (C=O) groups excluding carboxylic acids is 6. The lowest BCUT2D eigenvalue weighted by Crippen LogP contribution is -2.67. The highest BCUT2D eigenvalue weighted by Crippen LogP contribution is 2.29. The summed E-state index contributed by atoms with van der Waals surface area (Å²) in [6.07, 6.45) is -3.22. The molecule has 0 saturated carbocycles. The van der Waals surface area contributed by atoms with E-state index in [1.807, 2.05) is 0 Å². The van der Waals surface area contributed by atoms with Crippen LogP contribution in [0, 0.1) is 0 Å². The predicted octanol–water partition coefficient (Wildman–Crippen LogP) is 2.68. The number of hydrogen-bond donors (Lipinski definition) is 1. The zero-order valence-electron chi connectivity index (χ0n) is 23.7. The number of rotatable bonds is 17. The van der Waals surface area contributed by atoms with Gasteiger partial charge in [-0.15, -0.1) is 0 Å². The molecule has 0 spiro atoms. The van der Waals surface area contributed by atoms with E-state index < -0.39 is 60.4 Å². The van der Waals surface area contributed by atoms with Crippen LogP contribution in [0.2, 0.25) is 0 Å². The molecule has 1 rings (SSSR count). The van der Waals surface area contributed by atoms with Gasteiger partial charge >= 0.3 is 23.9 Å². The average molecular weight is 558 g/mol. The number of ether oxygens (including phenoxy) is 5. The Labute approximate surface area is 229 Å². The van der Waals surface area contributed by atoms with Crippen LogP contribution in [0.15, 0.2) is 0 Å². The van der Waals surface area contributed by atoms with Crippen molar-refractivity contribution in [3.63, 3.8) is 0 Å². The van der Waals surface area contributed by atoms with Gasteiger partial charge in [0.25, 0.3) is 0 Å². The number of amides is 1. The largest absolute Gasteiger partial charge is 0.463 e. The van der Waals surface area contributed by atoms with Crippen LogP contribution < -0.4 is 5.32 Å². The highest BCUT2D eigenvalue weighted by molar-refractivity contribution is 5.83. The van der Waals surface area contributed by atoms with E-state index >= 15 is 0 Å². The molecule has 1 N–H and O–H groups in total. The van der Waals surface area contributed by atoms with E-state index in [4.69, 9.17) is 23.7 Å². The summed E-state index contributed by atoms with van der Waals surface area (Å²) in [6.45, 7) is 8.10. The van der Waals surface area contributed by atoms with E-state index in [0.29, 0.717) is 25.7 Å². The van der Waals surface area contributed by atoms with Crippen molar-refractivity contribution in [3.05, 3.63) is 0 Å². The van der Waals surface area contributed by atoms with Gasteiger partial charge in [-0.3, -0.25) is 24.0 Å². The maximum atomic E-state index is 12.8. The molecule has 222 valence electrons. The number of Topliss-reactive ketones (excluding diaryl/α,β-unsaturated/α-hetero) is 1. The van der Waals surface area contributed by atoms with Crippen LogP contribution in [-0.2, 0) is 52.5 Å². The molecule has 0 bridgehead atoms. The van der Waals surface area contributed by atoms with Gasteiger partial charge in [0, 0.05) is 38.5 Å². The van der Waals surface area contributed by atoms with Gasteiger partial charge in [-0.2, -0.15) is 0 Å². The standard InChI is InChI=1S/C27H43NO11/c1-6-10-20(31)35-16-18-25(37-21(32)11-7-2)26(38-22(33)12-8-3)24(28-19(30)15-14-17(5)29)27(36-18)39-23(34)13-9-4/h18,24-27H,6-16H2,1-5H3,(H,28,30)/t18?,24?,25-,26-,27+/m1/s1. The zero-order valence-corrected chi connectivity index (χ0v) is 23.7. The van der Waals surface area contributed by atoms with Gasteiger partial charge in [0.2, 0.25) is 12.2 Å². The molecule has 1 aliphatic heterocycles. The third kappa shape index (κ3) is 12.6. The second-order valence-electron chi connectivity index (χ2n) is 9.42. The van der Waals surface area contributed by atoms with Gasteiger partial charge < -0.3 is 33.8 Å². The molecule has 12 nitrogen and oxygen atoms in total. The molecular formula is C27H43NO11. The van der Waals surface area contributed by atoms with Crippen molar-refractivity contribution in [1.82, 2.24) is 5.32 Å². The van der Waals surface area contributed by atoms with Gasteiger partial charge in [0.1, 0.15) is 24.5 Å². The first kappa shape index (κ1) is 34.0. The normalized spacial score (nSPS) is 22.3. The van der Waals surface area contributed by atoms with Gasteiger partial charge in [0.15, 0.2) is 12.2 Å². The lowest BCUT2D eigenvalue weighted by Gasteiger charge is -2.44. The molecule has 39 heavy (non-hydrogen) atoms. The fraction of sp³-hybridized carbons (Fsp3) is 0.778. The monoisotopic (exact) mass is 557 g/mol. The van der Waals surface area contributed by atoms with E-state index in [1.165, 1.54) is 6.92 Å². The molecule has 12 heteroatoms. The molecule has 1 aliphatic rings. The smallest absolute Gasteiger partial charge is 0.308 e. The van der Waals surface area contributed by atoms with Crippen LogP contribution in [0.25, 0.3) is 0 Å². The van der Waals surface area contributed by atoms with E-state index in [9.17, 15) is 28.8 Å². The molecule has 1 heterocycles. The maximum absolute atomic E-state index is 12.8. The topological polar surface area (TPSA) is 161 Å². The highest BCUT2D eigenvalue weighted by Gasteiger charge is 2.52. The molecule has 1 fully saturated rings. The Morgan fingerprint density at radius 1 is 0.641 bits per heavy atom. The first-order valence-corrected chi connectivity index (χ1v) is 13.7. The van der Waals surface area contributed by atoms with Crippen LogP contribution >= 0.6 is 0 Å². The fourth-order valence-corrected chi connectivity index (χ4v) is 3.80. The second kappa shape index (κ2) is 18.3. The van der Waals surface area contributed by atoms with Gasteiger partial charge in [-0.1, -0.05) is 27.7 Å². The first-order chi connectivity index (χ1) is 18.6. The van der Waals surface area contributed by atoms with E-state index in [0.717, 1.165) is 0 Å². The average Bonchev–Trinajstić information content (AvgIpc) is 2.85. The lowest BCUT2D eigenvalue weighted by molar-refractivity contribution is -0.272. The summed E-state index contributed by atoms with van der Waals surface area (Å²) >= 11 is 0. The zero-order chi connectivity index (χ0) is 29.4. The minimum absolute atomic E-state index is 0.0361. The predicted molar refractivity (Wildman–Crippen MR) is 137 cm³/mol. The molecule has 0 radical (unpaired) electrons. The molecule has 5 atom stereocenters. The summed E-state index contributed by atoms with van der Waals surface area (Å²) in [5.41, 5.74) is 0. The van der Waals surface area contributed by atoms with Crippen molar-refractivity contribution >= 4 is 35.6 Å². The van der Waals surface area contributed by atoms with Crippen molar-refractivity contribution in [2.45, 2.75) is 129 Å². The van der Waals surface area contributed by atoms with Crippen molar-refractivity contribution < 1.29 is 52.5 Å². The van der Waals surface area contributed by atoms with E-state index in [2.05, 4.69) is 5.32 Å². The molecule has 0 aromatic carbocycles. The molecule has 0 aromatic heterocycles. The van der Waals surface area contributed by atoms with Crippen LogP contribution in [0.5, 0.6) is 0 Å². The SMILES string of the molecule is CCCC(=O)OCC1O[C@@H](OC(=O)CCC)C(NC(=O)CCC(C)=O)[C@@H](OC(=O)CCC)[C@@H]1OC(=O)CCC. The van der Waals surface area contributed by atoms with E-state index in [-0.39, 0.29) is 50.9 Å². The van der Waals surface area contributed by atoms with Crippen LogP contribution in [-0.4, -0.2) is 72.8 Å². The Bertz CT molecular complexity index is 844. The summed E-state index contributed by atoms with van der Waals surface area (Å²) in [7, 11) is 0. The van der Waals surface area contributed by atoms with Gasteiger partial charge in [0.05, 0.1) is 0 Å². The summed E-state index contributed by atoms with van der Waals surface area (Å²) in [6, 6.07) is -1.27. The van der Waals surface area contributed by atoms with Crippen LogP contribution in [0.4, 0.5) is 0 Å². The summed E-state index contributed by atoms with van der Waals surface area (Å²) < 4.78 is 28.2. The number of ketones is 1. The number of nitrogens with one attached hydrogen (secondary N) is 1. The van der Waals surface area contributed by atoms with Gasteiger partial charge in [-0.25, -0.2) is 0 Å². The fourth-order valence-electron chi connectivity index (χ4n) is 3.80. The molecular weight excluding hydrogens is 514 g/mol. The molecule has 0 aromatic rings. The van der Waals surface area contributed by atoms with Crippen molar-refractivity contribution in [3.8, 4) is 0 Å². The Kier molecular flexibility index (Phi) is 16.0. The first-order valence-electron chi connectivity index (χ1n) is 13.7. The Balaban J connectivity index is 3.48. The molecule has 1 saturated heterocycles. The summed E-state index contributed by atoms with van der Waals surface area (Å²) in [5.74, 6) is -3.19. The minimum atomic E-state index is -1.46. The van der Waals surface area contributed by atoms with E-state index in [1.54, 1.807) is 27.7 Å². The van der Waals surface area contributed by atoms with Crippen LogP contribution in [0.3, 0.4) is 0 Å². The Morgan fingerprint density at radius 2 is 1.13 bits per heavy atom. The minimum Gasteiger partial charge on any atom is -0.463 e. The summed E-state index contributed by atoms with van der Waals surface area (Å²) in [5, 5.41) is 2.64. The molecule has 0 aliphatic carbocycles. The third-order valence-electron chi connectivity index (χ3n) is 5.69. The Hall–Kier alpha value is -3.02. The Morgan fingerprint density at radius 3 is 1.64 bits per heavy atom. The third-order valence-corrected chi connectivity index (χ3v) is 5.69. The maximum Gasteiger partial charge on any atom is 0.308 e. The number of carbonyl (C=O) groups is 6. The van der Waals surface area contributed by atoms with Crippen molar-refractivity contribution in [2.24, 2.45) is 0 Å². The second-order valence-corrected chi connectivity index (χ2v) is 9.42. The summed E-state index contributed by atoms with van der Waals surface area (Å²) in [4.78, 5) is 73.9. The van der Waals surface area contributed by atoms with Crippen LogP contribution in [0.1, 0.15) is 98.8 Å². The number of esters is 4. The van der Waals surface area contributed by atoms with Crippen molar-refractivity contribution in [1.29, 1.82) is 0 Å². The van der Waals surface area contributed by atoms with Crippen molar-refractivity contribution in [2.75, 3.05) is 6.61 Å².